The molecule has 6 nitrogen and oxygen atoms in total. The van der Waals surface area contributed by atoms with E-state index in [2.05, 4.69) is 15.5 Å². The van der Waals surface area contributed by atoms with E-state index in [1.165, 1.54) is 6.39 Å². The molecule has 0 radical (unpaired) electrons. The van der Waals surface area contributed by atoms with Crippen LogP contribution >= 0.6 is 0 Å². The van der Waals surface area contributed by atoms with Gasteiger partial charge in [-0.25, -0.2) is 0 Å². The van der Waals surface area contributed by atoms with Gasteiger partial charge in [-0.15, -0.1) is 10.2 Å². The van der Waals surface area contributed by atoms with Gasteiger partial charge < -0.3 is 15.5 Å². The minimum absolute atomic E-state index is 0.0384. The van der Waals surface area contributed by atoms with E-state index in [9.17, 15) is 4.79 Å². The first-order valence-corrected chi connectivity index (χ1v) is 6.05. The van der Waals surface area contributed by atoms with E-state index >= 15 is 0 Å². The molecular formula is C13H16N4O2. The van der Waals surface area contributed by atoms with Crippen molar-refractivity contribution in [3.63, 3.8) is 0 Å². The Bertz CT molecular complexity index is 522. The number of rotatable bonds is 5. The number of carbonyl (C=O) groups is 1. The van der Waals surface area contributed by atoms with Crippen LogP contribution in [0.3, 0.4) is 0 Å². The Morgan fingerprint density at radius 3 is 2.74 bits per heavy atom. The summed E-state index contributed by atoms with van der Waals surface area (Å²) in [5.41, 5.74) is 7.03. The van der Waals surface area contributed by atoms with Gasteiger partial charge in [-0.2, -0.15) is 0 Å². The van der Waals surface area contributed by atoms with Gasteiger partial charge in [0.15, 0.2) is 0 Å². The fourth-order valence-electron chi connectivity index (χ4n) is 1.61. The number of hydrogen-bond donors (Lipinski definition) is 2. The molecule has 2 aromatic rings. The number of amides is 1. The summed E-state index contributed by atoms with van der Waals surface area (Å²) < 4.78 is 5.08. The first kappa shape index (κ1) is 13.2. The maximum atomic E-state index is 11.7. The van der Waals surface area contributed by atoms with Gasteiger partial charge in [-0.05, 0) is 36.7 Å². The second-order valence-corrected chi connectivity index (χ2v) is 4.41. The van der Waals surface area contributed by atoms with E-state index < -0.39 is 0 Å². The Hall–Kier alpha value is -2.21. The molecule has 19 heavy (non-hydrogen) atoms. The van der Waals surface area contributed by atoms with Crippen LogP contribution in [-0.2, 0) is 4.79 Å². The maximum absolute atomic E-state index is 11.7. The molecule has 1 heterocycles. The second-order valence-electron chi connectivity index (χ2n) is 4.41. The highest BCUT2D eigenvalue weighted by molar-refractivity contribution is 5.91. The van der Waals surface area contributed by atoms with Gasteiger partial charge in [0.2, 0.25) is 18.2 Å². The summed E-state index contributed by atoms with van der Waals surface area (Å²) in [7, 11) is 0. The fraction of sp³-hybridized carbons (Fsp3) is 0.308. The molecule has 0 saturated carbocycles. The summed E-state index contributed by atoms with van der Waals surface area (Å²) in [6.45, 7) is 2.45. The predicted molar refractivity (Wildman–Crippen MR) is 71.2 cm³/mol. The van der Waals surface area contributed by atoms with Crippen LogP contribution in [0, 0.1) is 5.92 Å². The van der Waals surface area contributed by atoms with Crippen LogP contribution in [0.5, 0.6) is 0 Å². The van der Waals surface area contributed by atoms with Crippen molar-refractivity contribution in [3.05, 3.63) is 30.7 Å². The van der Waals surface area contributed by atoms with E-state index in [4.69, 9.17) is 10.2 Å². The predicted octanol–water partition coefficient (Wildman–Crippen LogP) is 1.66. The maximum Gasteiger partial charge on any atom is 0.247 e. The highest BCUT2D eigenvalue weighted by atomic mass is 16.4. The molecule has 100 valence electrons. The first-order chi connectivity index (χ1) is 9.19. The molecule has 1 atom stereocenters. The number of nitrogens with zero attached hydrogens (tertiary/aromatic N) is 2. The number of anilines is 1. The molecule has 0 fully saturated rings. The van der Waals surface area contributed by atoms with Crippen molar-refractivity contribution in [3.8, 4) is 11.5 Å². The Balaban J connectivity index is 1.97. The molecule has 1 aromatic carbocycles. The van der Waals surface area contributed by atoms with Crippen molar-refractivity contribution in [1.29, 1.82) is 0 Å². The molecule has 1 unspecified atom stereocenters. The zero-order valence-electron chi connectivity index (χ0n) is 10.7. The largest absolute Gasteiger partial charge is 0.423 e. The molecule has 1 aromatic heterocycles. The van der Waals surface area contributed by atoms with Crippen molar-refractivity contribution < 1.29 is 9.21 Å². The monoisotopic (exact) mass is 260 g/mol. The zero-order valence-corrected chi connectivity index (χ0v) is 10.7. The summed E-state index contributed by atoms with van der Waals surface area (Å²) >= 11 is 0. The van der Waals surface area contributed by atoms with Crippen LogP contribution in [0.2, 0.25) is 0 Å². The molecule has 0 aliphatic carbocycles. The average molecular weight is 260 g/mol. The topological polar surface area (TPSA) is 94.0 Å². The highest BCUT2D eigenvalue weighted by Crippen LogP contribution is 2.19. The van der Waals surface area contributed by atoms with Crippen LogP contribution in [0.25, 0.3) is 11.5 Å². The van der Waals surface area contributed by atoms with E-state index in [1.807, 2.05) is 19.1 Å². The number of nitrogens with one attached hydrogen (secondary N) is 1. The third-order valence-electron chi connectivity index (χ3n) is 2.71. The van der Waals surface area contributed by atoms with Gasteiger partial charge >= 0.3 is 0 Å². The Labute approximate surface area is 111 Å². The lowest BCUT2D eigenvalue weighted by molar-refractivity contribution is -0.116. The summed E-state index contributed by atoms with van der Waals surface area (Å²) in [6, 6.07) is 7.22. The van der Waals surface area contributed by atoms with E-state index in [1.54, 1.807) is 12.1 Å². The summed E-state index contributed by atoms with van der Waals surface area (Å²) in [4.78, 5) is 11.7. The lowest BCUT2D eigenvalue weighted by atomic mass is 10.1. The third kappa shape index (κ3) is 3.62. The minimum Gasteiger partial charge on any atom is -0.423 e. The van der Waals surface area contributed by atoms with Crippen LogP contribution in [0.4, 0.5) is 5.69 Å². The molecular weight excluding hydrogens is 244 g/mol. The normalized spacial score (nSPS) is 12.1. The molecule has 0 saturated heterocycles. The zero-order chi connectivity index (χ0) is 13.7. The van der Waals surface area contributed by atoms with Crippen LogP contribution in [0.15, 0.2) is 35.1 Å². The molecule has 0 aliphatic rings. The lowest BCUT2D eigenvalue weighted by Gasteiger charge is -2.09. The van der Waals surface area contributed by atoms with Gasteiger partial charge in [0.25, 0.3) is 0 Å². The molecule has 0 bridgehead atoms. The molecule has 0 aliphatic heterocycles. The second kappa shape index (κ2) is 6.10. The third-order valence-corrected chi connectivity index (χ3v) is 2.71. The van der Waals surface area contributed by atoms with Gasteiger partial charge in [0.1, 0.15) is 0 Å². The van der Waals surface area contributed by atoms with Gasteiger partial charge in [0.05, 0.1) is 0 Å². The van der Waals surface area contributed by atoms with E-state index in [0.717, 1.165) is 11.3 Å². The highest BCUT2D eigenvalue weighted by Gasteiger charge is 2.08. The molecule has 3 N–H and O–H groups in total. The minimum atomic E-state index is -0.0384. The van der Waals surface area contributed by atoms with Gasteiger partial charge in [-0.1, -0.05) is 6.92 Å². The summed E-state index contributed by atoms with van der Waals surface area (Å²) in [5.74, 6) is 0.593. The Morgan fingerprint density at radius 1 is 1.42 bits per heavy atom. The van der Waals surface area contributed by atoms with E-state index in [-0.39, 0.29) is 11.8 Å². The SMILES string of the molecule is CC(CN)CC(=O)Nc1ccc(-c2nnco2)cc1. The smallest absolute Gasteiger partial charge is 0.247 e. The van der Waals surface area contributed by atoms with Crippen LogP contribution in [0.1, 0.15) is 13.3 Å². The Kier molecular flexibility index (Phi) is 4.25. The standard InChI is InChI=1S/C13H16N4O2/c1-9(7-14)6-12(18)16-11-4-2-10(3-5-11)13-17-15-8-19-13/h2-5,8-9H,6-7,14H2,1H3,(H,16,18). The van der Waals surface area contributed by atoms with Crippen LogP contribution < -0.4 is 11.1 Å². The van der Waals surface area contributed by atoms with Crippen molar-refractivity contribution >= 4 is 11.6 Å². The number of benzene rings is 1. The molecule has 6 heteroatoms. The Morgan fingerprint density at radius 2 is 2.16 bits per heavy atom. The number of hydrogen-bond acceptors (Lipinski definition) is 5. The van der Waals surface area contributed by atoms with Crippen molar-refractivity contribution in [2.45, 2.75) is 13.3 Å². The number of nitrogens with two attached hydrogens (primary N) is 1. The summed E-state index contributed by atoms with van der Waals surface area (Å²) in [6.07, 6.45) is 1.70. The van der Waals surface area contributed by atoms with Gasteiger partial charge in [0, 0.05) is 17.7 Å². The van der Waals surface area contributed by atoms with Crippen molar-refractivity contribution in [2.75, 3.05) is 11.9 Å². The number of carbonyl (C=O) groups excluding carboxylic acids is 1. The molecule has 0 spiro atoms. The van der Waals surface area contributed by atoms with Gasteiger partial charge in [-0.3, -0.25) is 4.79 Å². The average Bonchev–Trinajstić information content (AvgIpc) is 2.93. The van der Waals surface area contributed by atoms with Crippen LogP contribution in [-0.4, -0.2) is 22.6 Å². The first-order valence-electron chi connectivity index (χ1n) is 6.05. The lowest BCUT2D eigenvalue weighted by Crippen LogP contribution is -2.19. The molecule has 2 rings (SSSR count). The van der Waals surface area contributed by atoms with Crippen molar-refractivity contribution in [2.24, 2.45) is 11.7 Å². The van der Waals surface area contributed by atoms with E-state index in [0.29, 0.717) is 18.9 Å². The quantitative estimate of drug-likeness (QED) is 0.852. The summed E-state index contributed by atoms with van der Waals surface area (Å²) in [5, 5.41) is 10.2. The fourth-order valence-corrected chi connectivity index (χ4v) is 1.61. The molecule has 1 amide bonds. The van der Waals surface area contributed by atoms with Crippen molar-refractivity contribution in [1.82, 2.24) is 10.2 Å². The number of aromatic nitrogens is 2.